The van der Waals surface area contributed by atoms with Gasteiger partial charge in [-0.05, 0) is 30.2 Å². The summed E-state index contributed by atoms with van der Waals surface area (Å²) in [6, 6.07) is 9.52. The fourth-order valence-electron chi connectivity index (χ4n) is 1.66. The summed E-state index contributed by atoms with van der Waals surface area (Å²) in [5, 5.41) is 7.83. The van der Waals surface area contributed by atoms with Gasteiger partial charge in [-0.3, -0.25) is 0 Å². The van der Waals surface area contributed by atoms with E-state index in [2.05, 4.69) is 10.2 Å². The predicted octanol–water partition coefficient (Wildman–Crippen LogP) is 1.87. The van der Waals surface area contributed by atoms with Crippen LogP contribution in [0, 0.1) is 5.82 Å². The van der Waals surface area contributed by atoms with Crippen molar-refractivity contribution in [3.8, 4) is 5.88 Å². The molecule has 0 radical (unpaired) electrons. The molecule has 2 aromatic rings. The molecule has 0 spiro atoms. The molecule has 18 heavy (non-hydrogen) atoms. The molecule has 4 nitrogen and oxygen atoms in total. The first-order chi connectivity index (χ1) is 8.69. The quantitative estimate of drug-likeness (QED) is 0.895. The van der Waals surface area contributed by atoms with Crippen molar-refractivity contribution < 1.29 is 9.13 Å². The van der Waals surface area contributed by atoms with Crippen molar-refractivity contribution in [3.63, 3.8) is 0 Å². The molecular weight excluding hydrogens is 233 g/mol. The normalized spacial score (nSPS) is 12.2. The Morgan fingerprint density at radius 2 is 2.11 bits per heavy atom. The maximum Gasteiger partial charge on any atom is 0.233 e. The van der Waals surface area contributed by atoms with Gasteiger partial charge in [-0.15, -0.1) is 5.10 Å². The summed E-state index contributed by atoms with van der Waals surface area (Å²) in [6.07, 6.45) is 0.513. The number of nitrogens with two attached hydrogens (primary N) is 1. The van der Waals surface area contributed by atoms with E-state index in [1.807, 2.05) is 6.07 Å². The van der Waals surface area contributed by atoms with Gasteiger partial charge in [0.05, 0.1) is 18.8 Å². The summed E-state index contributed by atoms with van der Waals surface area (Å²) in [4.78, 5) is 0. The first-order valence-corrected chi connectivity index (χ1v) is 5.56. The van der Waals surface area contributed by atoms with Crippen LogP contribution in [0.3, 0.4) is 0 Å². The zero-order valence-electron chi connectivity index (χ0n) is 10.0. The SMILES string of the molecule is COc1ccc(C(N)Cc2cccc(F)c2)nn1. The van der Waals surface area contributed by atoms with Gasteiger partial charge in [0, 0.05) is 6.07 Å². The third kappa shape index (κ3) is 3.01. The van der Waals surface area contributed by atoms with E-state index < -0.39 is 0 Å². The Labute approximate surface area is 105 Å². The monoisotopic (exact) mass is 247 g/mol. The van der Waals surface area contributed by atoms with Crippen LogP contribution in [0.4, 0.5) is 4.39 Å². The van der Waals surface area contributed by atoms with Crippen LogP contribution in [-0.2, 0) is 6.42 Å². The van der Waals surface area contributed by atoms with Gasteiger partial charge in [0.25, 0.3) is 0 Å². The number of aromatic nitrogens is 2. The van der Waals surface area contributed by atoms with Gasteiger partial charge in [0.15, 0.2) is 0 Å². The number of methoxy groups -OCH3 is 1. The number of benzene rings is 1. The molecule has 0 aliphatic rings. The number of rotatable bonds is 4. The van der Waals surface area contributed by atoms with Crippen molar-refractivity contribution >= 4 is 0 Å². The number of ether oxygens (including phenoxy) is 1. The van der Waals surface area contributed by atoms with E-state index in [9.17, 15) is 4.39 Å². The van der Waals surface area contributed by atoms with Gasteiger partial charge in [0.2, 0.25) is 5.88 Å². The lowest BCUT2D eigenvalue weighted by Gasteiger charge is -2.10. The molecule has 0 bridgehead atoms. The van der Waals surface area contributed by atoms with E-state index in [1.54, 1.807) is 18.2 Å². The van der Waals surface area contributed by atoms with Crippen molar-refractivity contribution in [1.82, 2.24) is 10.2 Å². The molecule has 0 aliphatic carbocycles. The Hall–Kier alpha value is -2.01. The zero-order chi connectivity index (χ0) is 13.0. The van der Waals surface area contributed by atoms with E-state index in [0.717, 1.165) is 5.56 Å². The Kier molecular flexibility index (Phi) is 3.84. The molecule has 0 aliphatic heterocycles. The van der Waals surface area contributed by atoms with Crippen LogP contribution in [0.25, 0.3) is 0 Å². The molecule has 1 unspecified atom stereocenters. The summed E-state index contributed by atoms with van der Waals surface area (Å²) in [5.74, 6) is 0.178. The molecule has 5 heteroatoms. The van der Waals surface area contributed by atoms with Crippen LogP contribution in [0.15, 0.2) is 36.4 Å². The molecule has 0 saturated heterocycles. The van der Waals surface area contributed by atoms with E-state index in [4.69, 9.17) is 10.5 Å². The first kappa shape index (κ1) is 12.4. The third-order valence-electron chi connectivity index (χ3n) is 2.59. The lowest BCUT2D eigenvalue weighted by atomic mass is 10.0. The van der Waals surface area contributed by atoms with E-state index in [-0.39, 0.29) is 11.9 Å². The van der Waals surface area contributed by atoms with Crippen molar-refractivity contribution in [2.75, 3.05) is 7.11 Å². The molecule has 1 atom stereocenters. The van der Waals surface area contributed by atoms with E-state index >= 15 is 0 Å². The van der Waals surface area contributed by atoms with E-state index in [0.29, 0.717) is 18.0 Å². The van der Waals surface area contributed by atoms with Gasteiger partial charge in [-0.2, -0.15) is 5.10 Å². The molecular formula is C13H14FN3O. The highest BCUT2D eigenvalue weighted by molar-refractivity contribution is 5.20. The van der Waals surface area contributed by atoms with Gasteiger partial charge in [-0.25, -0.2) is 4.39 Å². The van der Waals surface area contributed by atoms with Gasteiger partial charge in [-0.1, -0.05) is 12.1 Å². The van der Waals surface area contributed by atoms with Crippen LogP contribution in [0.2, 0.25) is 0 Å². The largest absolute Gasteiger partial charge is 0.480 e. The highest BCUT2D eigenvalue weighted by atomic mass is 19.1. The molecule has 1 aromatic carbocycles. The maximum absolute atomic E-state index is 13.0. The van der Waals surface area contributed by atoms with Crippen molar-refractivity contribution in [3.05, 3.63) is 53.5 Å². The molecule has 0 amide bonds. The summed E-state index contributed by atoms with van der Waals surface area (Å²) < 4.78 is 18.0. The first-order valence-electron chi connectivity index (χ1n) is 5.56. The van der Waals surface area contributed by atoms with Crippen LogP contribution < -0.4 is 10.5 Å². The Bertz CT molecular complexity index is 516. The van der Waals surface area contributed by atoms with E-state index in [1.165, 1.54) is 19.2 Å². The number of hydrogen-bond donors (Lipinski definition) is 1. The third-order valence-corrected chi connectivity index (χ3v) is 2.59. The van der Waals surface area contributed by atoms with Crippen LogP contribution in [0.1, 0.15) is 17.3 Å². The average Bonchev–Trinajstić information content (AvgIpc) is 2.39. The van der Waals surface area contributed by atoms with Crippen molar-refractivity contribution in [1.29, 1.82) is 0 Å². The second-order valence-corrected chi connectivity index (χ2v) is 3.94. The maximum atomic E-state index is 13.0. The lowest BCUT2D eigenvalue weighted by molar-refractivity contribution is 0.390. The predicted molar refractivity (Wildman–Crippen MR) is 65.6 cm³/mol. The standard InChI is InChI=1S/C13H14FN3O/c1-18-13-6-5-12(16-17-13)11(15)8-9-3-2-4-10(14)7-9/h2-7,11H,8,15H2,1H3. The van der Waals surface area contributed by atoms with Crippen LogP contribution in [0.5, 0.6) is 5.88 Å². The molecule has 1 aromatic heterocycles. The Morgan fingerprint density at radius 3 is 2.72 bits per heavy atom. The summed E-state index contributed by atoms with van der Waals surface area (Å²) in [5.41, 5.74) is 7.49. The van der Waals surface area contributed by atoms with Gasteiger partial charge < -0.3 is 10.5 Å². The van der Waals surface area contributed by atoms with Crippen LogP contribution in [-0.4, -0.2) is 17.3 Å². The van der Waals surface area contributed by atoms with Gasteiger partial charge in [0.1, 0.15) is 5.82 Å². The molecule has 2 N–H and O–H groups in total. The molecule has 2 rings (SSSR count). The average molecular weight is 247 g/mol. The summed E-state index contributed by atoms with van der Waals surface area (Å²) >= 11 is 0. The summed E-state index contributed by atoms with van der Waals surface area (Å²) in [6.45, 7) is 0. The summed E-state index contributed by atoms with van der Waals surface area (Å²) in [7, 11) is 1.52. The topological polar surface area (TPSA) is 61.0 Å². The number of hydrogen-bond acceptors (Lipinski definition) is 4. The molecule has 94 valence electrons. The number of nitrogens with zero attached hydrogens (tertiary/aromatic N) is 2. The smallest absolute Gasteiger partial charge is 0.233 e. The molecule has 1 heterocycles. The number of halogens is 1. The fourth-order valence-corrected chi connectivity index (χ4v) is 1.66. The highest BCUT2D eigenvalue weighted by Gasteiger charge is 2.10. The Balaban J connectivity index is 2.09. The highest BCUT2D eigenvalue weighted by Crippen LogP contribution is 2.15. The molecule has 0 fully saturated rings. The minimum absolute atomic E-state index is 0.263. The van der Waals surface area contributed by atoms with Gasteiger partial charge >= 0.3 is 0 Å². The second-order valence-electron chi connectivity index (χ2n) is 3.94. The Morgan fingerprint density at radius 1 is 1.28 bits per heavy atom. The fraction of sp³-hybridized carbons (Fsp3) is 0.231. The minimum Gasteiger partial charge on any atom is -0.480 e. The van der Waals surface area contributed by atoms with Crippen LogP contribution >= 0.6 is 0 Å². The van der Waals surface area contributed by atoms with Crippen molar-refractivity contribution in [2.24, 2.45) is 5.73 Å². The zero-order valence-corrected chi connectivity index (χ0v) is 10.0. The molecule has 0 saturated carbocycles. The lowest BCUT2D eigenvalue weighted by Crippen LogP contribution is -2.15. The van der Waals surface area contributed by atoms with Crippen molar-refractivity contribution in [2.45, 2.75) is 12.5 Å². The second kappa shape index (κ2) is 5.55. The minimum atomic E-state index is -0.315.